The molecule has 1 atom stereocenters. The van der Waals surface area contributed by atoms with Gasteiger partial charge in [-0.2, -0.15) is 4.98 Å². The number of hydrogen-bond donors (Lipinski definition) is 1. The quantitative estimate of drug-likeness (QED) is 0.600. The number of fused-ring (bicyclic) bond motifs is 2. The van der Waals surface area contributed by atoms with Crippen LogP contribution in [0, 0.1) is 0 Å². The third-order valence-corrected chi connectivity index (χ3v) is 9.04. The highest BCUT2D eigenvalue weighted by Gasteiger charge is 2.41. The highest BCUT2D eigenvalue weighted by molar-refractivity contribution is 6.04. The summed E-state index contributed by atoms with van der Waals surface area (Å²) in [4.78, 5) is 44.4. The molecule has 1 aromatic carbocycles. The molecule has 0 bridgehead atoms. The van der Waals surface area contributed by atoms with Crippen LogP contribution in [0.5, 0.6) is 5.75 Å². The zero-order valence-corrected chi connectivity index (χ0v) is 23.4. The van der Waals surface area contributed by atoms with Crippen molar-refractivity contribution in [1.82, 2.24) is 19.8 Å². The lowest BCUT2D eigenvalue weighted by molar-refractivity contribution is -0.120. The molecule has 2 fully saturated rings. The first kappa shape index (κ1) is 25.9. The summed E-state index contributed by atoms with van der Waals surface area (Å²) in [5, 5.41) is 3.37. The van der Waals surface area contributed by atoms with Crippen LogP contribution in [-0.4, -0.2) is 84.0 Å². The molecule has 208 valence electrons. The van der Waals surface area contributed by atoms with E-state index in [-0.39, 0.29) is 23.9 Å². The van der Waals surface area contributed by atoms with E-state index in [0.29, 0.717) is 29.8 Å². The molecule has 1 N–H and O–H groups in total. The summed E-state index contributed by atoms with van der Waals surface area (Å²) in [6, 6.07) is 4.20. The lowest BCUT2D eigenvalue weighted by Gasteiger charge is -2.43. The number of aromatic nitrogens is 2. The highest BCUT2D eigenvalue weighted by Crippen LogP contribution is 2.41. The largest absolute Gasteiger partial charge is 0.495 e. The first-order valence-electron chi connectivity index (χ1n) is 14.3. The monoisotopic (exact) mass is 533 g/mol. The van der Waals surface area contributed by atoms with E-state index in [1.165, 1.54) is 12.8 Å². The minimum Gasteiger partial charge on any atom is -0.495 e. The first-order chi connectivity index (χ1) is 18.9. The number of methoxy groups -OCH3 is 1. The van der Waals surface area contributed by atoms with Gasteiger partial charge < -0.3 is 29.7 Å². The number of nitrogens with one attached hydrogen (secondary N) is 1. The van der Waals surface area contributed by atoms with Gasteiger partial charge in [0, 0.05) is 31.2 Å². The molecule has 2 amide bonds. The summed E-state index contributed by atoms with van der Waals surface area (Å²) in [7, 11) is 5.56. The van der Waals surface area contributed by atoms with Crippen LogP contribution in [0.4, 0.5) is 23.1 Å². The second-order valence-corrected chi connectivity index (χ2v) is 11.4. The van der Waals surface area contributed by atoms with E-state index in [9.17, 15) is 9.59 Å². The summed E-state index contributed by atoms with van der Waals surface area (Å²) in [5.74, 6) is 2.02. The Morgan fingerprint density at radius 3 is 2.49 bits per heavy atom. The van der Waals surface area contributed by atoms with E-state index >= 15 is 0 Å². The van der Waals surface area contributed by atoms with Crippen molar-refractivity contribution in [3.63, 3.8) is 0 Å². The number of hydrogen-bond acceptors (Lipinski definition) is 8. The summed E-state index contributed by atoms with van der Waals surface area (Å²) >= 11 is 0. The molecule has 10 nitrogen and oxygen atoms in total. The van der Waals surface area contributed by atoms with Crippen LogP contribution < -0.4 is 19.9 Å². The molecular weight excluding hydrogens is 494 g/mol. The van der Waals surface area contributed by atoms with Crippen LogP contribution in [0.3, 0.4) is 0 Å². The third-order valence-electron chi connectivity index (χ3n) is 9.04. The molecule has 1 saturated heterocycles. The molecule has 1 aromatic heterocycles. The molecule has 6 rings (SSSR count). The van der Waals surface area contributed by atoms with Gasteiger partial charge in [-0.05, 0) is 69.9 Å². The minimum absolute atomic E-state index is 0.0833. The van der Waals surface area contributed by atoms with Crippen LogP contribution in [0.1, 0.15) is 67.8 Å². The maximum Gasteiger partial charge on any atom is 0.254 e. The van der Waals surface area contributed by atoms with Crippen molar-refractivity contribution < 1.29 is 14.3 Å². The van der Waals surface area contributed by atoms with Gasteiger partial charge in [0.15, 0.2) is 5.82 Å². The average molecular weight is 534 g/mol. The van der Waals surface area contributed by atoms with Gasteiger partial charge in [0.1, 0.15) is 17.5 Å². The van der Waals surface area contributed by atoms with E-state index in [4.69, 9.17) is 9.72 Å². The Labute approximate surface area is 230 Å². The Morgan fingerprint density at radius 2 is 1.79 bits per heavy atom. The van der Waals surface area contributed by atoms with Crippen molar-refractivity contribution in [2.75, 3.05) is 49.4 Å². The predicted molar refractivity (Wildman–Crippen MR) is 151 cm³/mol. The molecule has 1 aliphatic carbocycles. The number of benzene rings is 1. The van der Waals surface area contributed by atoms with E-state index in [1.54, 1.807) is 18.2 Å². The second kappa shape index (κ2) is 10.3. The topological polar surface area (TPSA) is 94.1 Å². The SMILES string of the molecule is CC[C@@H]1C(=O)N(C)c2cnc(Nc3cc4c(cc3OC)C(=O)N(C3CCN(C)CC3)C4)nc2N1C1CCCC1. The number of carbonyl (C=O) groups excluding carboxylic acids is 2. The molecule has 10 heteroatoms. The van der Waals surface area contributed by atoms with Crippen LogP contribution >= 0.6 is 0 Å². The standard InChI is InChI=1S/C29H39N7O3/c1-5-23-28(38)34(3)24-16-30-29(32-26(24)36(23)20-8-6-7-9-20)31-22-14-18-17-35(19-10-12-33(2)13-11-19)27(37)21(18)15-25(22)39-4/h14-16,19-20,23H,5-13,17H2,1-4H3,(H,30,31,32)/t23-/m1/s1. The van der Waals surface area contributed by atoms with Crippen molar-refractivity contribution in [3.8, 4) is 5.75 Å². The zero-order valence-electron chi connectivity index (χ0n) is 23.4. The van der Waals surface area contributed by atoms with E-state index in [2.05, 4.69) is 34.1 Å². The molecule has 3 aliphatic heterocycles. The number of nitrogens with zero attached hydrogens (tertiary/aromatic N) is 6. The summed E-state index contributed by atoms with van der Waals surface area (Å²) in [6.07, 6.45) is 8.94. The number of rotatable bonds is 6. The van der Waals surface area contributed by atoms with Gasteiger partial charge in [0.25, 0.3) is 5.91 Å². The van der Waals surface area contributed by atoms with E-state index < -0.39 is 0 Å². The number of piperidine rings is 1. The fraction of sp³-hybridized carbons (Fsp3) is 0.586. The van der Waals surface area contributed by atoms with Crippen molar-refractivity contribution in [3.05, 3.63) is 29.5 Å². The first-order valence-corrected chi connectivity index (χ1v) is 14.3. The van der Waals surface area contributed by atoms with Gasteiger partial charge in [0.05, 0.1) is 19.0 Å². The molecule has 0 unspecified atom stereocenters. The maximum atomic E-state index is 13.3. The van der Waals surface area contributed by atoms with Crippen LogP contribution in [0.15, 0.2) is 18.3 Å². The lowest BCUT2D eigenvalue weighted by Crippen LogP contribution is -2.55. The Balaban J connectivity index is 1.30. The number of carbonyl (C=O) groups is 2. The predicted octanol–water partition coefficient (Wildman–Crippen LogP) is 3.78. The van der Waals surface area contributed by atoms with Crippen LogP contribution in [-0.2, 0) is 11.3 Å². The molecular formula is C29H39N7O3. The van der Waals surface area contributed by atoms with Crippen LogP contribution in [0.2, 0.25) is 0 Å². The Bertz CT molecular complexity index is 1270. The number of likely N-dealkylation sites (N-methyl/N-ethyl adjacent to an activating group) is 1. The molecule has 4 aliphatic rings. The lowest BCUT2D eigenvalue weighted by atomic mass is 10.0. The maximum absolute atomic E-state index is 13.3. The Hall–Kier alpha value is -3.40. The zero-order chi connectivity index (χ0) is 27.3. The van der Waals surface area contributed by atoms with Crippen LogP contribution in [0.25, 0.3) is 0 Å². The normalized spacial score (nSPS) is 22.5. The van der Waals surface area contributed by atoms with E-state index in [1.807, 2.05) is 24.1 Å². The highest BCUT2D eigenvalue weighted by atomic mass is 16.5. The minimum atomic E-state index is -0.223. The molecule has 0 spiro atoms. The molecule has 39 heavy (non-hydrogen) atoms. The van der Waals surface area contributed by atoms with Crippen molar-refractivity contribution in [2.45, 2.75) is 76.5 Å². The second-order valence-electron chi connectivity index (χ2n) is 11.4. The van der Waals surface area contributed by atoms with Crippen molar-refractivity contribution in [1.29, 1.82) is 0 Å². The smallest absolute Gasteiger partial charge is 0.254 e. The number of likely N-dealkylation sites (tertiary alicyclic amines) is 1. The summed E-state index contributed by atoms with van der Waals surface area (Å²) < 4.78 is 5.71. The fourth-order valence-electron chi connectivity index (χ4n) is 6.80. The number of ether oxygens (including phenoxy) is 1. The van der Waals surface area contributed by atoms with Gasteiger partial charge in [-0.1, -0.05) is 19.8 Å². The molecule has 1 saturated carbocycles. The van der Waals surface area contributed by atoms with Crippen molar-refractivity contribution in [2.24, 2.45) is 0 Å². The summed E-state index contributed by atoms with van der Waals surface area (Å²) in [6.45, 7) is 4.68. The average Bonchev–Trinajstić information content (AvgIpc) is 3.58. The van der Waals surface area contributed by atoms with Gasteiger partial charge in [-0.15, -0.1) is 0 Å². The third kappa shape index (κ3) is 4.48. The summed E-state index contributed by atoms with van der Waals surface area (Å²) in [5.41, 5.74) is 3.17. The Morgan fingerprint density at radius 1 is 1.05 bits per heavy atom. The molecule has 2 aromatic rings. The molecule has 0 radical (unpaired) electrons. The van der Waals surface area contributed by atoms with Crippen molar-refractivity contribution >= 4 is 35.0 Å². The fourth-order valence-corrected chi connectivity index (χ4v) is 6.80. The number of anilines is 4. The Kier molecular flexibility index (Phi) is 6.82. The number of amides is 2. The van der Waals surface area contributed by atoms with Gasteiger partial charge >= 0.3 is 0 Å². The van der Waals surface area contributed by atoms with E-state index in [0.717, 1.165) is 67.9 Å². The van der Waals surface area contributed by atoms with Gasteiger partial charge in [0.2, 0.25) is 11.9 Å². The van der Waals surface area contributed by atoms with Gasteiger partial charge in [-0.3, -0.25) is 9.59 Å². The molecule has 4 heterocycles. The van der Waals surface area contributed by atoms with Gasteiger partial charge in [-0.25, -0.2) is 4.98 Å².